The molecular weight excluding hydrogens is 388 g/mol. The van der Waals surface area contributed by atoms with Crippen LogP contribution in [0.15, 0.2) is 36.5 Å². The number of aromatic nitrogens is 3. The van der Waals surface area contributed by atoms with Crippen LogP contribution in [0.1, 0.15) is 52.7 Å². The van der Waals surface area contributed by atoms with Crippen LogP contribution in [0.4, 0.5) is 5.82 Å². The molecule has 31 heavy (non-hydrogen) atoms. The molecule has 2 aliphatic heterocycles. The predicted molar refractivity (Wildman–Crippen MR) is 121 cm³/mol. The van der Waals surface area contributed by atoms with E-state index in [0.717, 1.165) is 67.0 Å². The molecule has 2 aromatic heterocycles. The summed E-state index contributed by atoms with van der Waals surface area (Å²) in [4.78, 5) is 32.3. The van der Waals surface area contributed by atoms with Crippen molar-refractivity contribution in [3.05, 3.63) is 59.2 Å². The molecule has 0 spiro atoms. The number of hydrogen-bond acceptors (Lipinski definition) is 6. The summed E-state index contributed by atoms with van der Waals surface area (Å²) in [5.74, 6) is 1.66. The Bertz CT molecular complexity index is 1130. The molecule has 7 nitrogen and oxygen atoms in total. The number of rotatable bonds is 3. The summed E-state index contributed by atoms with van der Waals surface area (Å²) in [6.45, 7) is 2.53. The van der Waals surface area contributed by atoms with Crippen molar-refractivity contribution in [2.24, 2.45) is 0 Å². The van der Waals surface area contributed by atoms with Gasteiger partial charge in [0.1, 0.15) is 5.82 Å². The first-order chi connectivity index (χ1) is 15.2. The number of carbonyl (C=O) groups excluding carboxylic acids is 1. The molecule has 0 aliphatic carbocycles. The molecule has 160 valence electrons. The molecule has 2 aliphatic rings. The van der Waals surface area contributed by atoms with Crippen LogP contribution < -0.4 is 5.32 Å². The van der Waals surface area contributed by atoms with Gasteiger partial charge in [-0.2, -0.15) is 0 Å². The molecule has 4 heterocycles. The highest BCUT2D eigenvalue weighted by Crippen LogP contribution is 2.34. The molecule has 1 saturated heterocycles. The van der Waals surface area contributed by atoms with Gasteiger partial charge < -0.3 is 15.1 Å². The highest BCUT2D eigenvalue weighted by atomic mass is 16.2. The normalized spacial score (nSPS) is 19.3. The highest BCUT2D eigenvalue weighted by Gasteiger charge is 2.33. The number of carbonyl (C=O) groups is 1. The molecule has 7 heteroatoms. The third-order valence-electron chi connectivity index (χ3n) is 6.43. The first-order valence-electron chi connectivity index (χ1n) is 11.1. The van der Waals surface area contributed by atoms with Crippen molar-refractivity contribution >= 4 is 22.6 Å². The molecule has 3 aromatic rings. The van der Waals surface area contributed by atoms with Gasteiger partial charge in [0.15, 0.2) is 5.82 Å². The smallest absolute Gasteiger partial charge is 0.256 e. The molecule has 1 N–H and O–H groups in total. The molecule has 1 fully saturated rings. The number of benzene rings is 1. The van der Waals surface area contributed by atoms with Gasteiger partial charge in [0.05, 0.1) is 22.8 Å². The summed E-state index contributed by atoms with van der Waals surface area (Å²) in [5.41, 5.74) is 3.68. The van der Waals surface area contributed by atoms with Crippen molar-refractivity contribution in [3.63, 3.8) is 0 Å². The largest absolute Gasteiger partial charge is 0.373 e. The lowest BCUT2D eigenvalue weighted by Crippen LogP contribution is -2.40. The maximum absolute atomic E-state index is 13.7. The predicted octanol–water partition coefficient (Wildman–Crippen LogP) is 3.42. The number of likely N-dealkylation sites (tertiary alicyclic amines) is 1. The minimum atomic E-state index is -0.121. The molecule has 0 radical (unpaired) electrons. The zero-order chi connectivity index (χ0) is 21.4. The van der Waals surface area contributed by atoms with Crippen LogP contribution in [0.3, 0.4) is 0 Å². The number of anilines is 1. The van der Waals surface area contributed by atoms with Gasteiger partial charge in [-0.1, -0.05) is 18.2 Å². The molecule has 0 bridgehead atoms. The summed E-state index contributed by atoms with van der Waals surface area (Å²) < 4.78 is 0. The Morgan fingerprint density at radius 2 is 2.00 bits per heavy atom. The van der Waals surface area contributed by atoms with E-state index in [4.69, 9.17) is 9.97 Å². The van der Waals surface area contributed by atoms with Crippen LogP contribution in [0.25, 0.3) is 10.9 Å². The third-order valence-corrected chi connectivity index (χ3v) is 6.43. The summed E-state index contributed by atoms with van der Waals surface area (Å²) in [6, 6.07) is 9.58. The topological polar surface area (TPSA) is 74.2 Å². The number of nitrogens with zero attached hydrogens (tertiary/aromatic N) is 5. The van der Waals surface area contributed by atoms with Crippen molar-refractivity contribution in [1.29, 1.82) is 0 Å². The average molecular weight is 417 g/mol. The van der Waals surface area contributed by atoms with E-state index in [1.54, 1.807) is 6.20 Å². The first-order valence-corrected chi connectivity index (χ1v) is 11.1. The lowest BCUT2D eigenvalue weighted by Gasteiger charge is -2.36. The van der Waals surface area contributed by atoms with Crippen LogP contribution in [-0.4, -0.2) is 57.8 Å². The van der Waals surface area contributed by atoms with Crippen molar-refractivity contribution in [1.82, 2.24) is 24.8 Å². The van der Waals surface area contributed by atoms with Crippen LogP contribution in [0.5, 0.6) is 0 Å². The number of nitrogens with one attached hydrogen (secondary N) is 1. The van der Waals surface area contributed by atoms with Gasteiger partial charge >= 0.3 is 0 Å². The fraction of sp³-hybridized carbons (Fsp3) is 0.417. The van der Waals surface area contributed by atoms with Crippen molar-refractivity contribution < 1.29 is 4.79 Å². The van der Waals surface area contributed by atoms with E-state index in [-0.39, 0.29) is 11.9 Å². The second kappa shape index (κ2) is 8.23. The zero-order valence-corrected chi connectivity index (χ0v) is 18.1. The van der Waals surface area contributed by atoms with E-state index in [2.05, 4.69) is 22.2 Å². The quantitative estimate of drug-likeness (QED) is 0.705. The van der Waals surface area contributed by atoms with Gasteiger partial charge in [0.2, 0.25) is 0 Å². The minimum Gasteiger partial charge on any atom is -0.373 e. The molecule has 1 amide bonds. The average Bonchev–Trinajstić information content (AvgIpc) is 2.82. The van der Waals surface area contributed by atoms with E-state index >= 15 is 0 Å². The van der Waals surface area contributed by atoms with Gasteiger partial charge in [-0.15, -0.1) is 0 Å². The Balaban J connectivity index is 1.54. The Kier molecular flexibility index (Phi) is 5.28. The van der Waals surface area contributed by atoms with E-state index in [1.807, 2.05) is 42.3 Å². The molecule has 0 unspecified atom stereocenters. The molecular formula is C24H28N6O. The maximum Gasteiger partial charge on any atom is 0.256 e. The first kappa shape index (κ1) is 19.9. The molecule has 0 saturated carbocycles. The van der Waals surface area contributed by atoms with Gasteiger partial charge in [-0.3, -0.25) is 9.78 Å². The summed E-state index contributed by atoms with van der Waals surface area (Å²) >= 11 is 0. The lowest BCUT2D eigenvalue weighted by molar-refractivity contribution is 0.0601. The molecule has 1 aromatic carbocycles. The van der Waals surface area contributed by atoms with Crippen LogP contribution in [0, 0.1) is 0 Å². The van der Waals surface area contributed by atoms with Crippen LogP contribution in [-0.2, 0) is 13.0 Å². The molecule has 1 atom stereocenters. The second-order valence-electron chi connectivity index (χ2n) is 8.48. The number of amides is 1. The van der Waals surface area contributed by atoms with E-state index in [9.17, 15) is 4.79 Å². The van der Waals surface area contributed by atoms with Crippen molar-refractivity contribution in [2.45, 2.75) is 38.3 Å². The number of piperidine rings is 1. The fourth-order valence-electron chi connectivity index (χ4n) is 4.81. The van der Waals surface area contributed by atoms with Crippen molar-refractivity contribution in [3.8, 4) is 0 Å². The Morgan fingerprint density at radius 1 is 1.13 bits per heavy atom. The maximum atomic E-state index is 13.7. The van der Waals surface area contributed by atoms with E-state index in [1.165, 1.54) is 5.56 Å². The van der Waals surface area contributed by atoms with Gasteiger partial charge in [-0.25, -0.2) is 9.97 Å². The highest BCUT2D eigenvalue weighted by molar-refractivity contribution is 6.05. The fourth-order valence-corrected chi connectivity index (χ4v) is 4.81. The number of fused-ring (bicyclic) bond motifs is 2. The minimum absolute atomic E-state index is 0.0125. The second-order valence-corrected chi connectivity index (χ2v) is 8.48. The SMILES string of the molecule is CNc1nc([C@H]2CCCCN2C(=O)c2cccc3cccnc23)nc2c1CCN(C)C2. The summed E-state index contributed by atoms with van der Waals surface area (Å²) in [6.07, 6.45) is 5.62. The standard InChI is InChI=1S/C24H28N6O/c1-25-22-17-11-14-29(2)15-19(17)27-23(28-22)20-10-3-4-13-30(20)24(31)18-9-5-7-16-8-6-12-26-21(16)18/h5-9,12,20H,3-4,10-11,13-15H2,1-2H3,(H,25,27,28)/t20-/m1/s1. The number of pyridine rings is 1. The Labute approximate surface area is 182 Å². The van der Waals surface area contributed by atoms with Crippen LogP contribution >= 0.6 is 0 Å². The van der Waals surface area contributed by atoms with Crippen molar-refractivity contribution in [2.75, 3.05) is 32.5 Å². The Morgan fingerprint density at radius 3 is 2.87 bits per heavy atom. The van der Waals surface area contributed by atoms with E-state index < -0.39 is 0 Å². The lowest BCUT2D eigenvalue weighted by atomic mass is 9.98. The monoisotopic (exact) mass is 416 g/mol. The Hall–Kier alpha value is -3.06. The number of likely N-dealkylation sites (N-methyl/N-ethyl adjacent to an activating group) is 1. The molecule has 5 rings (SSSR count). The van der Waals surface area contributed by atoms with Gasteiger partial charge in [0.25, 0.3) is 5.91 Å². The number of hydrogen-bond donors (Lipinski definition) is 1. The zero-order valence-electron chi connectivity index (χ0n) is 18.1. The van der Waals surface area contributed by atoms with Crippen LogP contribution in [0.2, 0.25) is 0 Å². The number of para-hydroxylation sites is 1. The third kappa shape index (κ3) is 3.63. The van der Waals surface area contributed by atoms with E-state index in [0.29, 0.717) is 12.1 Å². The van der Waals surface area contributed by atoms with Gasteiger partial charge in [-0.05, 0) is 44.9 Å². The summed E-state index contributed by atoms with van der Waals surface area (Å²) in [7, 11) is 4.03. The van der Waals surface area contributed by atoms with Gasteiger partial charge in [0, 0.05) is 43.8 Å². The summed E-state index contributed by atoms with van der Waals surface area (Å²) in [5, 5.41) is 4.25.